The molecule has 4 rings (SSSR count). The summed E-state index contributed by atoms with van der Waals surface area (Å²) in [6.45, 7) is 5.11. The molecule has 0 N–H and O–H groups in total. The molecule has 2 fully saturated rings. The Morgan fingerprint density at radius 1 is 1.00 bits per heavy atom. The molecule has 7 nitrogen and oxygen atoms in total. The topological polar surface area (TPSA) is 66.0 Å². The van der Waals surface area contributed by atoms with Gasteiger partial charge in [0.1, 0.15) is 5.82 Å². The Kier molecular flexibility index (Phi) is 10.1. The highest BCUT2D eigenvalue weighted by atomic mass is 35.5. The first-order valence-electron chi connectivity index (χ1n) is 14.4. The zero-order valence-electron chi connectivity index (χ0n) is 24.9. The lowest BCUT2D eigenvalue weighted by atomic mass is 9.81. The summed E-state index contributed by atoms with van der Waals surface area (Å²) in [4.78, 5) is 36.1. The normalized spacial score (nSPS) is 18.6. The number of ether oxygens (including phenoxy) is 1. The van der Waals surface area contributed by atoms with E-state index in [0.717, 1.165) is 63.8 Å². The largest absolute Gasteiger partial charge is 0.359 e. The molecule has 11 heteroatoms. The van der Waals surface area contributed by atoms with Crippen molar-refractivity contribution in [3.63, 3.8) is 0 Å². The fourth-order valence-electron chi connectivity index (χ4n) is 6.36. The molecule has 0 aliphatic carbocycles. The highest BCUT2D eigenvalue weighted by Gasteiger charge is 2.60. The Balaban J connectivity index is 1.34. The predicted octanol–water partition coefficient (Wildman–Crippen LogP) is 6.44. The number of methoxy groups -OCH3 is 1. The molecular formula is C31H40Cl2F2N4O3. The van der Waals surface area contributed by atoms with Gasteiger partial charge < -0.3 is 19.4 Å². The molecule has 1 unspecified atom stereocenters. The van der Waals surface area contributed by atoms with Gasteiger partial charge in [-0.05, 0) is 81.2 Å². The number of carbonyl (C=O) groups is 2. The van der Waals surface area contributed by atoms with Crippen LogP contribution >= 0.6 is 23.2 Å². The number of hydrogen-bond donors (Lipinski definition) is 0. The number of rotatable bonds is 8. The SMILES string of the molecule is COC(C(=O)N1CCC(CC2CCN(c3ccc(C(=O)N(C)C)c(C)n3)CC2)CC1)(c1cc(Cl)cc(Cl)c1)C(C)(F)F. The van der Waals surface area contributed by atoms with E-state index in [4.69, 9.17) is 32.9 Å². The lowest BCUT2D eigenvalue weighted by Crippen LogP contribution is -2.58. The first-order chi connectivity index (χ1) is 19.8. The van der Waals surface area contributed by atoms with Gasteiger partial charge in [0.15, 0.2) is 0 Å². The van der Waals surface area contributed by atoms with Crippen molar-refractivity contribution in [2.45, 2.75) is 57.5 Å². The van der Waals surface area contributed by atoms with Gasteiger partial charge in [0.05, 0.1) is 11.3 Å². The molecular weight excluding hydrogens is 585 g/mol. The lowest BCUT2D eigenvalue weighted by molar-refractivity contribution is -0.209. The number of carbonyl (C=O) groups excluding carboxylic acids is 2. The monoisotopic (exact) mass is 624 g/mol. The summed E-state index contributed by atoms with van der Waals surface area (Å²) in [6, 6.07) is 7.85. The van der Waals surface area contributed by atoms with Crippen molar-refractivity contribution in [1.82, 2.24) is 14.8 Å². The smallest absolute Gasteiger partial charge is 0.287 e. The van der Waals surface area contributed by atoms with Gasteiger partial charge in [0.2, 0.25) is 5.60 Å². The molecule has 2 saturated heterocycles. The number of hydrogen-bond acceptors (Lipinski definition) is 5. The van der Waals surface area contributed by atoms with Gasteiger partial charge in [-0.2, -0.15) is 0 Å². The standard InChI is InChI=1S/C31H40Cl2F2N4O3/c1-20-26(28(40)37(3)4)6-7-27(36-20)38-12-8-21(9-13-38)16-22-10-14-39(15-11-22)29(41)31(42-5,30(2,34)35)23-17-24(32)19-25(33)18-23/h6-7,17-19,21-22H,8-16H2,1-5H3. The van der Waals surface area contributed by atoms with Gasteiger partial charge in [0, 0.05) is 69.9 Å². The van der Waals surface area contributed by atoms with Crippen molar-refractivity contribution < 1.29 is 23.1 Å². The van der Waals surface area contributed by atoms with Crippen molar-refractivity contribution in [3.05, 3.63) is 57.2 Å². The molecule has 2 aromatic rings. The molecule has 2 amide bonds. The van der Waals surface area contributed by atoms with E-state index in [1.54, 1.807) is 19.0 Å². The molecule has 42 heavy (non-hydrogen) atoms. The molecule has 2 aliphatic heterocycles. The average Bonchev–Trinajstić information content (AvgIpc) is 2.93. The number of alkyl halides is 2. The number of benzene rings is 1. The molecule has 1 atom stereocenters. The van der Waals surface area contributed by atoms with Crippen LogP contribution in [0.5, 0.6) is 0 Å². The van der Waals surface area contributed by atoms with Crippen LogP contribution in [0.4, 0.5) is 14.6 Å². The maximum Gasteiger partial charge on any atom is 0.287 e. The van der Waals surface area contributed by atoms with Gasteiger partial charge in [-0.1, -0.05) is 23.2 Å². The quantitative estimate of drug-likeness (QED) is 0.338. The van der Waals surface area contributed by atoms with E-state index in [-0.39, 0.29) is 21.5 Å². The molecule has 230 valence electrons. The first kappa shape index (κ1) is 32.4. The van der Waals surface area contributed by atoms with Crippen LogP contribution in [0.3, 0.4) is 0 Å². The first-order valence-corrected chi connectivity index (χ1v) is 15.2. The number of pyridine rings is 1. The molecule has 2 aliphatic rings. The summed E-state index contributed by atoms with van der Waals surface area (Å²) in [5.41, 5.74) is -1.24. The minimum absolute atomic E-state index is 0.0526. The van der Waals surface area contributed by atoms with E-state index in [9.17, 15) is 9.59 Å². The van der Waals surface area contributed by atoms with Crippen molar-refractivity contribution in [2.75, 3.05) is 52.3 Å². The Hall–Kier alpha value is -2.49. The van der Waals surface area contributed by atoms with Crippen molar-refractivity contribution >= 4 is 40.8 Å². The van der Waals surface area contributed by atoms with E-state index in [1.165, 1.54) is 23.1 Å². The van der Waals surface area contributed by atoms with Crippen LogP contribution in [0.2, 0.25) is 10.0 Å². The van der Waals surface area contributed by atoms with E-state index < -0.39 is 17.4 Å². The third-order valence-electron chi connectivity index (χ3n) is 8.71. The van der Waals surface area contributed by atoms with Gasteiger partial charge in [-0.3, -0.25) is 9.59 Å². The Morgan fingerprint density at radius 2 is 1.55 bits per heavy atom. The molecule has 3 heterocycles. The highest BCUT2D eigenvalue weighted by molar-refractivity contribution is 6.34. The van der Waals surface area contributed by atoms with Crippen LogP contribution in [-0.2, 0) is 15.1 Å². The number of likely N-dealkylation sites (tertiary alicyclic amines) is 1. The molecule has 0 saturated carbocycles. The minimum Gasteiger partial charge on any atom is -0.359 e. The van der Waals surface area contributed by atoms with Crippen LogP contribution in [0.1, 0.15) is 60.6 Å². The van der Waals surface area contributed by atoms with E-state index in [0.29, 0.717) is 37.4 Å². The number of anilines is 1. The van der Waals surface area contributed by atoms with Crippen molar-refractivity contribution in [1.29, 1.82) is 0 Å². The summed E-state index contributed by atoms with van der Waals surface area (Å²) in [5.74, 6) is -2.49. The van der Waals surface area contributed by atoms with E-state index in [1.807, 2.05) is 19.1 Å². The maximum atomic E-state index is 15.2. The summed E-state index contributed by atoms with van der Waals surface area (Å²) in [6.07, 6.45) is 4.60. The number of halogens is 4. The molecule has 1 aromatic carbocycles. The minimum atomic E-state index is -3.52. The third kappa shape index (κ3) is 6.68. The van der Waals surface area contributed by atoms with Crippen LogP contribution in [-0.4, -0.2) is 79.9 Å². The Labute approximate surface area is 257 Å². The maximum absolute atomic E-state index is 15.2. The van der Waals surface area contributed by atoms with E-state index >= 15 is 8.78 Å². The van der Waals surface area contributed by atoms with Crippen molar-refractivity contribution in [3.8, 4) is 0 Å². The van der Waals surface area contributed by atoms with Gasteiger partial charge in [0.25, 0.3) is 17.7 Å². The van der Waals surface area contributed by atoms with Crippen LogP contribution in [0.25, 0.3) is 0 Å². The number of aromatic nitrogens is 1. The second-order valence-corrected chi connectivity index (χ2v) is 12.7. The van der Waals surface area contributed by atoms with Gasteiger partial charge in [-0.25, -0.2) is 13.8 Å². The number of piperidine rings is 2. The summed E-state index contributed by atoms with van der Waals surface area (Å²) in [5, 5.41) is 0.311. The fourth-order valence-corrected chi connectivity index (χ4v) is 6.89. The average molecular weight is 626 g/mol. The fraction of sp³-hybridized carbons (Fsp3) is 0.581. The summed E-state index contributed by atoms with van der Waals surface area (Å²) in [7, 11) is 4.59. The predicted molar refractivity (Wildman–Crippen MR) is 162 cm³/mol. The van der Waals surface area contributed by atoms with E-state index in [2.05, 4.69) is 4.90 Å². The number of aryl methyl sites for hydroxylation is 1. The molecule has 0 radical (unpaired) electrons. The van der Waals surface area contributed by atoms with Crippen LogP contribution in [0.15, 0.2) is 30.3 Å². The van der Waals surface area contributed by atoms with Gasteiger partial charge >= 0.3 is 0 Å². The lowest BCUT2D eigenvalue weighted by Gasteiger charge is -2.43. The van der Waals surface area contributed by atoms with Crippen LogP contribution < -0.4 is 4.90 Å². The zero-order chi connectivity index (χ0) is 30.8. The molecule has 0 bridgehead atoms. The highest BCUT2D eigenvalue weighted by Crippen LogP contribution is 2.44. The summed E-state index contributed by atoms with van der Waals surface area (Å²) >= 11 is 12.2. The van der Waals surface area contributed by atoms with Crippen LogP contribution in [0, 0.1) is 18.8 Å². The third-order valence-corrected chi connectivity index (χ3v) is 9.15. The zero-order valence-corrected chi connectivity index (χ0v) is 26.4. The number of amides is 2. The molecule has 0 spiro atoms. The van der Waals surface area contributed by atoms with Gasteiger partial charge in [-0.15, -0.1) is 0 Å². The molecule has 1 aromatic heterocycles. The second kappa shape index (κ2) is 13.0. The Bertz CT molecular complexity index is 1270. The van der Waals surface area contributed by atoms with Crippen molar-refractivity contribution in [2.24, 2.45) is 11.8 Å². The second-order valence-electron chi connectivity index (χ2n) is 11.8. The summed E-state index contributed by atoms with van der Waals surface area (Å²) < 4.78 is 35.7. The Morgan fingerprint density at radius 3 is 2.02 bits per heavy atom. The number of nitrogens with zero attached hydrogens (tertiary/aromatic N) is 4.